The molecule has 4 heteroatoms. The number of rotatable bonds is 4. The molecule has 2 heterocycles. The summed E-state index contributed by atoms with van der Waals surface area (Å²) >= 11 is 0. The number of piperidine rings is 1. The number of carbonyl (C=O) groups is 1. The Morgan fingerprint density at radius 2 is 2.10 bits per heavy atom. The van der Waals surface area contributed by atoms with Crippen molar-refractivity contribution in [2.24, 2.45) is 11.8 Å². The minimum atomic E-state index is 0.350. The van der Waals surface area contributed by atoms with E-state index in [1.807, 2.05) is 24.5 Å². The molecule has 1 saturated carbocycles. The molecule has 1 aromatic heterocycles. The average molecular weight is 273 g/mol. The van der Waals surface area contributed by atoms with E-state index in [9.17, 15) is 4.79 Å². The van der Waals surface area contributed by atoms with Gasteiger partial charge in [-0.1, -0.05) is 6.92 Å². The van der Waals surface area contributed by atoms with E-state index in [4.69, 9.17) is 0 Å². The molecule has 3 rings (SSSR count). The summed E-state index contributed by atoms with van der Waals surface area (Å²) < 4.78 is 0. The van der Waals surface area contributed by atoms with Gasteiger partial charge in [-0.05, 0) is 42.9 Å². The predicted molar refractivity (Wildman–Crippen MR) is 77.9 cm³/mol. The molecule has 2 fully saturated rings. The molecule has 1 aromatic rings. The predicted octanol–water partition coefficient (Wildman–Crippen LogP) is 1.82. The summed E-state index contributed by atoms with van der Waals surface area (Å²) in [5, 5.41) is 3.63. The molecule has 1 N–H and O–H groups in total. The van der Waals surface area contributed by atoms with Crippen LogP contribution in [0.15, 0.2) is 24.5 Å². The van der Waals surface area contributed by atoms with E-state index in [-0.39, 0.29) is 0 Å². The van der Waals surface area contributed by atoms with Crippen LogP contribution < -0.4 is 5.32 Å². The number of aromatic nitrogens is 1. The highest BCUT2D eigenvalue weighted by molar-refractivity contribution is 5.81. The van der Waals surface area contributed by atoms with E-state index in [1.165, 1.54) is 5.56 Å². The molecule has 4 nitrogen and oxygen atoms in total. The normalized spacial score (nSPS) is 26.6. The lowest BCUT2D eigenvalue weighted by Gasteiger charge is -2.37. The largest absolute Gasteiger partial charge is 0.342 e. The summed E-state index contributed by atoms with van der Waals surface area (Å²) in [5.41, 5.74) is 1.27. The van der Waals surface area contributed by atoms with Gasteiger partial charge in [0.1, 0.15) is 0 Å². The molecule has 1 saturated heterocycles. The molecular weight excluding hydrogens is 250 g/mol. The highest BCUT2D eigenvalue weighted by Crippen LogP contribution is 2.32. The van der Waals surface area contributed by atoms with Crippen molar-refractivity contribution in [1.29, 1.82) is 0 Å². The minimum Gasteiger partial charge on any atom is -0.342 e. The van der Waals surface area contributed by atoms with Gasteiger partial charge in [0.15, 0.2) is 0 Å². The van der Waals surface area contributed by atoms with Gasteiger partial charge in [0, 0.05) is 44.0 Å². The van der Waals surface area contributed by atoms with E-state index in [1.54, 1.807) is 0 Å². The Morgan fingerprint density at radius 1 is 1.35 bits per heavy atom. The van der Waals surface area contributed by atoms with Gasteiger partial charge in [-0.3, -0.25) is 9.78 Å². The first kappa shape index (κ1) is 13.6. The molecule has 2 aliphatic rings. The highest BCUT2D eigenvalue weighted by Gasteiger charge is 2.36. The van der Waals surface area contributed by atoms with Crippen molar-refractivity contribution in [1.82, 2.24) is 15.2 Å². The number of likely N-dealkylation sites (tertiary alicyclic amines) is 1. The van der Waals surface area contributed by atoms with E-state index >= 15 is 0 Å². The Balaban J connectivity index is 1.48. The molecule has 0 unspecified atom stereocenters. The van der Waals surface area contributed by atoms with Crippen LogP contribution in [-0.4, -0.2) is 34.9 Å². The van der Waals surface area contributed by atoms with Crippen LogP contribution in [-0.2, 0) is 11.3 Å². The van der Waals surface area contributed by atoms with E-state index in [0.29, 0.717) is 23.8 Å². The van der Waals surface area contributed by atoms with Crippen molar-refractivity contribution >= 4 is 5.91 Å². The summed E-state index contributed by atoms with van der Waals surface area (Å²) in [6.07, 6.45) is 6.93. The molecule has 0 radical (unpaired) electrons. The SMILES string of the molecule is C[C@@H]1CN(C(=O)C2CC2)CC[C@@H]1NCc1ccncc1. The molecule has 2 atom stereocenters. The molecule has 20 heavy (non-hydrogen) atoms. The molecule has 1 aliphatic carbocycles. The first-order chi connectivity index (χ1) is 9.74. The van der Waals surface area contributed by atoms with Crippen LogP contribution in [0.3, 0.4) is 0 Å². The highest BCUT2D eigenvalue weighted by atomic mass is 16.2. The second-order valence-corrected chi connectivity index (χ2v) is 6.17. The third-order valence-electron chi connectivity index (χ3n) is 4.46. The van der Waals surface area contributed by atoms with Crippen LogP contribution in [0.4, 0.5) is 0 Å². The van der Waals surface area contributed by atoms with Crippen LogP contribution >= 0.6 is 0 Å². The zero-order valence-corrected chi connectivity index (χ0v) is 12.1. The zero-order valence-electron chi connectivity index (χ0n) is 12.1. The van der Waals surface area contributed by atoms with E-state index < -0.39 is 0 Å². The fourth-order valence-electron chi connectivity index (χ4n) is 2.99. The summed E-state index contributed by atoms with van der Waals surface area (Å²) in [7, 11) is 0. The number of nitrogens with zero attached hydrogens (tertiary/aromatic N) is 2. The zero-order chi connectivity index (χ0) is 13.9. The van der Waals surface area contributed by atoms with Crippen molar-refractivity contribution in [2.45, 2.75) is 38.8 Å². The molecule has 0 bridgehead atoms. The lowest BCUT2D eigenvalue weighted by atomic mass is 9.93. The summed E-state index contributed by atoms with van der Waals surface area (Å²) in [6, 6.07) is 4.60. The quantitative estimate of drug-likeness (QED) is 0.910. The molecule has 0 spiro atoms. The third-order valence-corrected chi connectivity index (χ3v) is 4.46. The smallest absolute Gasteiger partial charge is 0.225 e. The first-order valence-corrected chi connectivity index (χ1v) is 7.65. The van der Waals surface area contributed by atoms with Gasteiger partial charge in [-0.25, -0.2) is 0 Å². The molecule has 108 valence electrons. The number of hydrogen-bond acceptors (Lipinski definition) is 3. The lowest BCUT2D eigenvalue weighted by Crippen LogP contribution is -2.50. The number of hydrogen-bond donors (Lipinski definition) is 1. The van der Waals surface area contributed by atoms with Gasteiger partial charge in [0.25, 0.3) is 0 Å². The molecule has 1 amide bonds. The fourth-order valence-corrected chi connectivity index (χ4v) is 2.99. The fraction of sp³-hybridized carbons (Fsp3) is 0.625. The maximum absolute atomic E-state index is 12.1. The van der Waals surface area contributed by atoms with Crippen LogP contribution in [0.5, 0.6) is 0 Å². The monoisotopic (exact) mass is 273 g/mol. The third kappa shape index (κ3) is 3.18. The molecule has 1 aliphatic heterocycles. The Hall–Kier alpha value is -1.42. The molecular formula is C16H23N3O. The Kier molecular flexibility index (Phi) is 4.01. The Morgan fingerprint density at radius 3 is 2.75 bits per heavy atom. The van der Waals surface area contributed by atoms with Gasteiger partial charge >= 0.3 is 0 Å². The van der Waals surface area contributed by atoms with E-state index in [0.717, 1.165) is 38.9 Å². The second-order valence-electron chi connectivity index (χ2n) is 6.17. The van der Waals surface area contributed by atoms with Crippen LogP contribution in [0.2, 0.25) is 0 Å². The van der Waals surface area contributed by atoms with Gasteiger partial charge < -0.3 is 10.2 Å². The maximum Gasteiger partial charge on any atom is 0.225 e. The van der Waals surface area contributed by atoms with Crippen LogP contribution in [0, 0.1) is 11.8 Å². The minimum absolute atomic E-state index is 0.350. The average Bonchev–Trinajstić information content (AvgIpc) is 3.31. The van der Waals surface area contributed by atoms with Crippen LogP contribution in [0.25, 0.3) is 0 Å². The second kappa shape index (κ2) is 5.92. The number of pyridine rings is 1. The number of carbonyl (C=O) groups excluding carboxylic acids is 1. The van der Waals surface area contributed by atoms with Crippen molar-refractivity contribution in [3.05, 3.63) is 30.1 Å². The van der Waals surface area contributed by atoms with Crippen molar-refractivity contribution in [3.8, 4) is 0 Å². The van der Waals surface area contributed by atoms with Crippen molar-refractivity contribution in [3.63, 3.8) is 0 Å². The lowest BCUT2D eigenvalue weighted by molar-refractivity contribution is -0.134. The number of amides is 1. The number of nitrogens with one attached hydrogen (secondary N) is 1. The van der Waals surface area contributed by atoms with E-state index in [2.05, 4.69) is 22.1 Å². The topological polar surface area (TPSA) is 45.2 Å². The van der Waals surface area contributed by atoms with Gasteiger partial charge in [0.05, 0.1) is 0 Å². The molecule has 0 aromatic carbocycles. The Labute approximate surface area is 120 Å². The summed E-state index contributed by atoms with van der Waals surface area (Å²) in [4.78, 5) is 18.2. The summed E-state index contributed by atoms with van der Waals surface area (Å²) in [5.74, 6) is 1.27. The maximum atomic E-state index is 12.1. The standard InChI is InChI=1S/C16H23N3O/c1-12-11-19(16(20)14-2-3-14)9-6-15(12)18-10-13-4-7-17-8-5-13/h4-5,7-8,12,14-15,18H,2-3,6,9-11H2,1H3/t12-,15+/m1/s1. The summed E-state index contributed by atoms with van der Waals surface area (Å²) in [6.45, 7) is 4.95. The van der Waals surface area contributed by atoms with Crippen molar-refractivity contribution < 1.29 is 4.79 Å². The van der Waals surface area contributed by atoms with Gasteiger partial charge in [0.2, 0.25) is 5.91 Å². The van der Waals surface area contributed by atoms with Crippen molar-refractivity contribution in [2.75, 3.05) is 13.1 Å². The first-order valence-electron chi connectivity index (χ1n) is 7.65. The van der Waals surface area contributed by atoms with Crippen LogP contribution in [0.1, 0.15) is 31.7 Å². The Bertz CT molecular complexity index is 458. The van der Waals surface area contributed by atoms with Gasteiger partial charge in [-0.2, -0.15) is 0 Å². The van der Waals surface area contributed by atoms with Gasteiger partial charge in [-0.15, -0.1) is 0 Å².